The first-order chi connectivity index (χ1) is 10.0. The topological polar surface area (TPSA) is 79.2 Å². The van der Waals surface area contributed by atoms with E-state index in [2.05, 4.69) is 15.7 Å². The van der Waals surface area contributed by atoms with Crippen molar-refractivity contribution in [3.63, 3.8) is 0 Å². The fraction of sp³-hybridized carbons (Fsp3) is 0.333. The number of aromatic hydroxyl groups is 1. The van der Waals surface area contributed by atoms with Crippen LogP contribution in [0.15, 0.2) is 24.3 Å². The van der Waals surface area contributed by atoms with Gasteiger partial charge < -0.3 is 10.4 Å². The third-order valence-corrected chi connectivity index (χ3v) is 3.34. The van der Waals surface area contributed by atoms with Gasteiger partial charge in [0, 0.05) is 19.2 Å². The highest BCUT2D eigenvalue weighted by Gasteiger charge is 2.13. The lowest BCUT2D eigenvalue weighted by Gasteiger charge is -2.09. The van der Waals surface area contributed by atoms with Crippen molar-refractivity contribution < 1.29 is 9.90 Å². The minimum Gasteiger partial charge on any atom is -0.508 e. The zero-order valence-electron chi connectivity index (χ0n) is 12.5. The van der Waals surface area contributed by atoms with Gasteiger partial charge in [0.25, 0.3) is 0 Å². The Morgan fingerprint density at radius 3 is 2.57 bits per heavy atom. The second kappa shape index (κ2) is 6.30. The highest BCUT2D eigenvalue weighted by Crippen LogP contribution is 2.18. The number of carbonyl (C=O) groups excluding carboxylic acids is 1. The predicted molar refractivity (Wildman–Crippen MR) is 81.3 cm³/mol. The predicted octanol–water partition coefficient (Wildman–Crippen LogP) is 2.32. The molecule has 0 fully saturated rings. The molecule has 6 nitrogen and oxygen atoms in total. The lowest BCUT2D eigenvalue weighted by molar-refractivity contribution is 0.251. The van der Waals surface area contributed by atoms with Gasteiger partial charge in [0.1, 0.15) is 11.6 Å². The van der Waals surface area contributed by atoms with E-state index in [9.17, 15) is 9.90 Å². The van der Waals surface area contributed by atoms with E-state index < -0.39 is 0 Å². The molecule has 0 aliphatic rings. The molecule has 3 N–H and O–H groups in total. The van der Waals surface area contributed by atoms with Crippen molar-refractivity contribution in [1.29, 1.82) is 0 Å². The van der Waals surface area contributed by atoms with Crippen LogP contribution in [0.4, 0.5) is 10.6 Å². The smallest absolute Gasteiger partial charge is 0.320 e. The van der Waals surface area contributed by atoms with Crippen LogP contribution in [0.2, 0.25) is 0 Å². The third-order valence-electron chi connectivity index (χ3n) is 3.34. The van der Waals surface area contributed by atoms with Crippen molar-refractivity contribution in [2.24, 2.45) is 7.05 Å². The van der Waals surface area contributed by atoms with Crippen molar-refractivity contribution in [2.45, 2.75) is 26.8 Å². The van der Waals surface area contributed by atoms with Crippen molar-refractivity contribution in [3.8, 4) is 5.75 Å². The van der Waals surface area contributed by atoms with E-state index in [1.54, 1.807) is 28.9 Å². The van der Waals surface area contributed by atoms with Crippen LogP contribution in [0.5, 0.6) is 5.75 Å². The number of urea groups is 1. The summed E-state index contributed by atoms with van der Waals surface area (Å²) in [5.74, 6) is 0.913. The Labute approximate surface area is 123 Å². The molecule has 0 unspecified atom stereocenters. The summed E-state index contributed by atoms with van der Waals surface area (Å²) in [4.78, 5) is 11.9. The first kappa shape index (κ1) is 14.9. The Bertz CT molecular complexity index is 632. The number of phenols is 1. The van der Waals surface area contributed by atoms with Gasteiger partial charge in [-0.2, -0.15) is 5.10 Å². The summed E-state index contributed by atoms with van der Waals surface area (Å²) >= 11 is 0. The minimum absolute atomic E-state index is 0.209. The molecule has 0 aliphatic heterocycles. The van der Waals surface area contributed by atoms with Crippen LogP contribution in [0.1, 0.15) is 23.7 Å². The maximum Gasteiger partial charge on any atom is 0.320 e. The van der Waals surface area contributed by atoms with Crippen molar-refractivity contribution >= 4 is 11.8 Å². The molecule has 0 radical (unpaired) electrons. The molecular formula is C15H20N4O2. The molecule has 1 heterocycles. The Balaban J connectivity index is 1.96. The number of phenolic OH excluding ortho intramolecular Hbond substituents is 1. The molecule has 0 atom stereocenters. The maximum atomic E-state index is 11.9. The molecule has 0 saturated heterocycles. The molecule has 6 heteroatoms. The summed E-state index contributed by atoms with van der Waals surface area (Å²) in [5.41, 5.74) is 2.88. The number of hydrogen-bond donors (Lipinski definition) is 3. The van der Waals surface area contributed by atoms with Gasteiger partial charge in [0.2, 0.25) is 0 Å². The van der Waals surface area contributed by atoms with Crippen LogP contribution in [0, 0.1) is 6.92 Å². The van der Waals surface area contributed by atoms with Crippen LogP contribution in [-0.2, 0) is 20.0 Å². The number of carbonyl (C=O) groups is 1. The molecule has 2 rings (SSSR count). The van der Waals surface area contributed by atoms with Crippen LogP contribution in [0.25, 0.3) is 0 Å². The van der Waals surface area contributed by atoms with Gasteiger partial charge in [-0.05, 0) is 31.0 Å². The number of anilines is 1. The van der Waals surface area contributed by atoms with Crippen molar-refractivity contribution in [3.05, 3.63) is 41.1 Å². The summed E-state index contributed by atoms with van der Waals surface area (Å²) in [5, 5.41) is 19.2. The Kier molecular flexibility index (Phi) is 4.47. The zero-order valence-corrected chi connectivity index (χ0v) is 12.5. The van der Waals surface area contributed by atoms with Gasteiger partial charge in [-0.1, -0.05) is 19.1 Å². The summed E-state index contributed by atoms with van der Waals surface area (Å²) < 4.78 is 1.67. The Morgan fingerprint density at radius 1 is 1.33 bits per heavy atom. The molecule has 1 aromatic carbocycles. The molecule has 0 saturated carbocycles. The fourth-order valence-electron chi connectivity index (χ4n) is 2.14. The number of nitrogens with zero attached hydrogens (tertiary/aromatic N) is 2. The number of aryl methyl sites for hydroxylation is 2. The van der Waals surface area contributed by atoms with E-state index in [0.29, 0.717) is 12.4 Å². The highest BCUT2D eigenvalue weighted by atomic mass is 16.3. The Morgan fingerprint density at radius 2 is 2.00 bits per heavy atom. The van der Waals surface area contributed by atoms with Gasteiger partial charge in [-0.3, -0.25) is 10.00 Å². The van der Waals surface area contributed by atoms with Crippen LogP contribution < -0.4 is 10.6 Å². The molecule has 2 amide bonds. The standard InChI is InChI=1S/C15H20N4O2/c1-4-13-10(2)14(19(3)18-13)17-15(21)16-9-11-5-7-12(20)8-6-11/h5-8,20H,4,9H2,1-3H3,(H2,16,17,21). The number of hydrogen-bond acceptors (Lipinski definition) is 3. The summed E-state index contributed by atoms with van der Waals surface area (Å²) in [6.45, 7) is 4.37. The molecule has 112 valence electrons. The van der Waals surface area contributed by atoms with E-state index in [4.69, 9.17) is 0 Å². The maximum absolute atomic E-state index is 11.9. The summed E-state index contributed by atoms with van der Waals surface area (Å²) in [6.07, 6.45) is 0.830. The molecular weight excluding hydrogens is 268 g/mol. The SMILES string of the molecule is CCc1nn(C)c(NC(=O)NCc2ccc(O)cc2)c1C. The van der Waals surface area contributed by atoms with E-state index in [1.165, 1.54) is 0 Å². The molecule has 0 bridgehead atoms. The summed E-state index contributed by atoms with van der Waals surface area (Å²) in [7, 11) is 1.81. The fourth-order valence-corrected chi connectivity index (χ4v) is 2.14. The van der Waals surface area contributed by atoms with Crippen molar-refractivity contribution in [2.75, 3.05) is 5.32 Å². The first-order valence-electron chi connectivity index (χ1n) is 6.86. The number of rotatable bonds is 4. The minimum atomic E-state index is -0.281. The first-order valence-corrected chi connectivity index (χ1v) is 6.86. The second-order valence-electron chi connectivity index (χ2n) is 4.87. The molecule has 0 spiro atoms. The summed E-state index contributed by atoms with van der Waals surface area (Å²) in [6, 6.07) is 6.43. The molecule has 21 heavy (non-hydrogen) atoms. The number of benzene rings is 1. The van der Waals surface area contributed by atoms with E-state index in [0.717, 1.165) is 23.2 Å². The number of amides is 2. The average Bonchev–Trinajstić information content (AvgIpc) is 2.74. The van der Waals surface area contributed by atoms with Crippen LogP contribution >= 0.6 is 0 Å². The van der Waals surface area contributed by atoms with Gasteiger partial charge in [0.05, 0.1) is 5.69 Å². The lowest BCUT2D eigenvalue weighted by atomic mass is 10.2. The van der Waals surface area contributed by atoms with Crippen LogP contribution in [-0.4, -0.2) is 20.9 Å². The van der Waals surface area contributed by atoms with Crippen LogP contribution in [0.3, 0.4) is 0 Å². The lowest BCUT2D eigenvalue weighted by Crippen LogP contribution is -2.29. The van der Waals surface area contributed by atoms with E-state index in [-0.39, 0.29) is 11.8 Å². The quantitative estimate of drug-likeness (QED) is 0.807. The second-order valence-corrected chi connectivity index (χ2v) is 4.87. The number of aromatic nitrogens is 2. The zero-order chi connectivity index (χ0) is 15.4. The normalized spacial score (nSPS) is 10.4. The molecule has 0 aliphatic carbocycles. The monoisotopic (exact) mass is 288 g/mol. The van der Waals surface area contributed by atoms with E-state index >= 15 is 0 Å². The van der Waals surface area contributed by atoms with E-state index in [1.807, 2.05) is 20.9 Å². The van der Waals surface area contributed by atoms with Gasteiger partial charge >= 0.3 is 6.03 Å². The third kappa shape index (κ3) is 3.53. The number of nitrogens with one attached hydrogen (secondary N) is 2. The van der Waals surface area contributed by atoms with Crippen molar-refractivity contribution in [1.82, 2.24) is 15.1 Å². The largest absolute Gasteiger partial charge is 0.508 e. The average molecular weight is 288 g/mol. The molecule has 2 aromatic rings. The highest BCUT2D eigenvalue weighted by molar-refractivity contribution is 5.89. The molecule has 1 aromatic heterocycles. The van der Waals surface area contributed by atoms with Gasteiger partial charge in [-0.25, -0.2) is 4.79 Å². The van der Waals surface area contributed by atoms with Gasteiger partial charge in [-0.15, -0.1) is 0 Å². The van der Waals surface area contributed by atoms with Gasteiger partial charge in [0.15, 0.2) is 0 Å². The Hall–Kier alpha value is -2.50.